The summed E-state index contributed by atoms with van der Waals surface area (Å²) in [6, 6.07) is -0.546. The average molecular weight is 333 g/mol. The van der Waals surface area contributed by atoms with Crippen LogP contribution in [-0.2, 0) is 4.79 Å². The van der Waals surface area contributed by atoms with Gasteiger partial charge in [-0.15, -0.1) is 0 Å². The molecule has 1 saturated carbocycles. The molecule has 3 fully saturated rings. The van der Waals surface area contributed by atoms with E-state index < -0.39 is 6.03 Å². The zero-order valence-corrected chi connectivity index (χ0v) is 13.7. The third-order valence-electron chi connectivity index (χ3n) is 5.30. The Morgan fingerprint density at radius 3 is 2.67 bits per heavy atom. The molecule has 1 aliphatic carbocycles. The monoisotopic (exact) mass is 333 g/mol. The van der Waals surface area contributed by atoms with Crippen LogP contribution in [0.15, 0.2) is 4.52 Å². The molecule has 0 aromatic carbocycles. The van der Waals surface area contributed by atoms with Crippen LogP contribution in [0.25, 0.3) is 0 Å². The summed E-state index contributed by atoms with van der Waals surface area (Å²) in [5.41, 5.74) is 5.37. The standard InChI is InChI=1S/C16H23N5O3/c17-16(23)20-7-1-3-11(9-20)15(22)21-8-2-4-12(21)13-18-14(24-19-13)10-5-6-10/h10-12H,1-9H2,(H2,17,23)/t11-,12+/m1/s1. The van der Waals surface area contributed by atoms with Gasteiger partial charge in [0.1, 0.15) is 0 Å². The second-order valence-electron chi connectivity index (χ2n) is 7.08. The van der Waals surface area contributed by atoms with E-state index in [1.54, 1.807) is 4.90 Å². The van der Waals surface area contributed by atoms with Crippen LogP contribution in [0, 0.1) is 5.92 Å². The molecule has 24 heavy (non-hydrogen) atoms. The number of likely N-dealkylation sites (tertiary alicyclic amines) is 2. The van der Waals surface area contributed by atoms with Gasteiger partial charge in [0.2, 0.25) is 11.8 Å². The Kier molecular flexibility index (Phi) is 3.90. The highest BCUT2D eigenvalue weighted by atomic mass is 16.5. The lowest BCUT2D eigenvalue weighted by Crippen LogP contribution is -2.48. The fourth-order valence-corrected chi connectivity index (χ4v) is 3.79. The molecule has 0 unspecified atom stereocenters. The predicted molar refractivity (Wildman–Crippen MR) is 83.8 cm³/mol. The summed E-state index contributed by atoms with van der Waals surface area (Å²) in [4.78, 5) is 32.3. The zero-order chi connectivity index (χ0) is 16.7. The van der Waals surface area contributed by atoms with E-state index in [-0.39, 0.29) is 17.9 Å². The van der Waals surface area contributed by atoms with Crippen molar-refractivity contribution in [1.29, 1.82) is 0 Å². The first-order valence-corrected chi connectivity index (χ1v) is 8.82. The van der Waals surface area contributed by atoms with Gasteiger partial charge in [-0.25, -0.2) is 4.79 Å². The van der Waals surface area contributed by atoms with Crippen molar-refractivity contribution in [3.8, 4) is 0 Å². The Hall–Kier alpha value is -2.12. The number of carbonyl (C=O) groups is 2. The maximum atomic E-state index is 13.0. The number of aromatic nitrogens is 2. The zero-order valence-electron chi connectivity index (χ0n) is 13.7. The molecule has 4 rings (SSSR count). The van der Waals surface area contributed by atoms with E-state index in [1.807, 2.05) is 4.90 Å². The lowest BCUT2D eigenvalue weighted by molar-refractivity contribution is -0.138. The quantitative estimate of drug-likeness (QED) is 0.900. The van der Waals surface area contributed by atoms with Crippen molar-refractivity contribution in [2.45, 2.75) is 50.5 Å². The highest BCUT2D eigenvalue weighted by Crippen LogP contribution is 2.40. The highest BCUT2D eigenvalue weighted by molar-refractivity contribution is 5.81. The fourth-order valence-electron chi connectivity index (χ4n) is 3.79. The number of amides is 3. The van der Waals surface area contributed by atoms with Crippen molar-refractivity contribution >= 4 is 11.9 Å². The SMILES string of the molecule is NC(=O)N1CCC[C@@H](C(=O)N2CCC[C@H]2c2noc(C3CC3)n2)C1. The molecule has 2 aliphatic heterocycles. The van der Waals surface area contributed by atoms with Gasteiger partial charge in [-0.05, 0) is 38.5 Å². The predicted octanol–water partition coefficient (Wildman–Crippen LogP) is 1.40. The number of urea groups is 1. The molecule has 130 valence electrons. The maximum absolute atomic E-state index is 13.0. The van der Waals surface area contributed by atoms with Crippen molar-refractivity contribution < 1.29 is 14.1 Å². The molecule has 1 aromatic rings. The second kappa shape index (κ2) is 6.07. The Bertz CT molecular complexity index is 641. The molecular formula is C16H23N5O3. The van der Waals surface area contributed by atoms with Crippen molar-refractivity contribution in [1.82, 2.24) is 19.9 Å². The van der Waals surface area contributed by atoms with Crippen LogP contribution in [0.4, 0.5) is 4.79 Å². The summed E-state index contributed by atoms with van der Waals surface area (Å²) in [6.07, 6.45) is 5.63. The number of piperidine rings is 1. The molecule has 0 spiro atoms. The van der Waals surface area contributed by atoms with Gasteiger partial charge in [-0.3, -0.25) is 4.79 Å². The van der Waals surface area contributed by atoms with Gasteiger partial charge < -0.3 is 20.1 Å². The summed E-state index contributed by atoms with van der Waals surface area (Å²) in [6.45, 7) is 1.76. The largest absolute Gasteiger partial charge is 0.351 e. The Morgan fingerprint density at radius 1 is 1.12 bits per heavy atom. The molecule has 1 aromatic heterocycles. The average Bonchev–Trinajstić information content (AvgIpc) is 3.12. The van der Waals surface area contributed by atoms with Gasteiger partial charge in [0.05, 0.1) is 12.0 Å². The number of primary amides is 1. The minimum absolute atomic E-state index is 0.0845. The lowest BCUT2D eigenvalue weighted by Gasteiger charge is -2.34. The first-order chi connectivity index (χ1) is 11.6. The minimum atomic E-state index is -0.447. The van der Waals surface area contributed by atoms with E-state index in [1.165, 1.54) is 0 Å². The molecular weight excluding hydrogens is 310 g/mol. The van der Waals surface area contributed by atoms with Crippen molar-refractivity contribution in [3.63, 3.8) is 0 Å². The molecule has 3 amide bonds. The minimum Gasteiger partial charge on any atom is -0.351 e. The Morgan fingerprint density at radius 2 is 1.92 bits per heavy atom. The third-order valence-corrected chi connectivity index (χ3v) is 5.30. The number of hydrogen-bond acceptors (Lipinski definition) is 5. The molecule has 8 nitrogen and oxygen atoms in total. The van der Waals surface area contributed by atoms with Crippen LogP contribution in [0.1, 0.15) is 62.2 Å². The van der Waals surface area contributed by atoms with E-state index in [4.69, 9.17) is 10.3 Å². The molecule has 2 N–H and O–H groups in total. The summed E-state index contributed by atoms with van der Waals surface area (Å²) >= 11 is 0. The van der Waals surface area contributed by atoms with Crippen LogP contribution >= 0.6 is 0 Å². The second-order valence-corrected chi connectivity index (χ2v) is 7.08. The number of carbonyl (C=O) groups excluding carboxylic acids is 2. The fraction of sp³-hybridized carbons (Fsp3) is 0.750. The van der Waals surface area contributed by atoms with Crippen LogP contribution in [0.3, 0.4) is 0 Å². The molecule has 0 radical (unpaired) electrons. The molecule has 8 heteroatoms. The van der Waals surface area contributed by atoms with E-state index in [9.17, 15) is 9.59 Å². The number of nitrogens with two attached hydrogens (primary N) is 1. The van der Waals surface area contributed by atoms with Crippen molar-refractivity contribution in [2.24, 2.45) is 11.7 Å². The van der Waals surface area contributed by atoms with Gasteiger partial charge in [-0.1, -0.05) is 5.16 Å². The molecule has 2 atom stereocenters. The van der Waals surface area contributed by atoms with Gasteiger partial charge in [0.15, 0.2) is 5.82 Å². The van der Waals surface area contributed by atoms with E-state index in [0.717, 1.165) is 38.5 Å². The lowest BCUT2D eigenvalue weighted by atomic mass is 9.96. The molecule has 3 aliphatic rings. The Balaban J connectivity index is 1.47. The number of hydrogen-bond donors (Lipinski definition) is 1. The van der Waals surface area contributed by atoms with Gasteiger partial charge in [0, 0.05) is 25.6 Å². The smallest absolute Gasteiger partial charge is 0.314 e. The van der Waals surface area contributed by atoms with Crippen LogP contribution in [0.5, 0.6) is 0 Å². The van der Waals surface area contributed by atoms with Crippen LogP contribution in [0.2, 0.25) is 0 Å². The Labute approximate surface area is 140 Å². The van der Waals surface area contributed by atoms with Crippen molar-refractivity contribution in [2.75, 3.05) is 19.6 Å². The molecule has 3 heterocycles. The van der Waals surface area contributed by atoms with Gasteiger partial charge >= 0.3 is 6.03 Å². The molecule has 0 bridgehead atoms. The first kappa shape index (κ1) is 15.4. The maximum Gasteiger partial charge on any atom is 0.314 e. The number of nitrogens with zero attached hydrogens (tertiary/aromatic N) is 4. The third kappa shape index (κ3) is 2.85. The molecule has 2 saturated heterocycles. The summed E-state index contributed by atoms with van der Waals surface area (Å²) in [5.74, 6) is 1.66. The van der Waals surface area contributed by atoms with E-state index in [0.29, 0.717) is 37.3 Å². The first-order valence-electron chi connectivity index (χ1n) is 8.82. The number of rotatable bonds is 3. The normalized spacial score (nSPS) is 27.5. The van der Waals surface area contributed by atoms with Crippen molar-refractivity contribution in [3.05, 3.63) is 11.7 Å². The highest BCUT2D eigenvalue weighted by Gasteiger charge is 2.39. The van der Waals surface area contributed by atoms with E-state index >= 15 is 0 Å². The van der Waals surface area contributed by atoms with Crippen LogP contribution < -0.4 is 5.73 Å². The summed E-state index contributed by atoms with van der Waals surface area (Å²) in [5, 5.41) is 4.12. The van der Waals surface area contributed by atoms with Gasteiger partial charge in [0.25, 0.3) is 0 Å². The summed E-state index contributed by atoms with van der Waals surface area (Å²) < 4.78 is 5.35. The van der Waals surface area contributed by atoms with Crippen LogP contribution in [-0.4, -0.2) is 51.5 Å². The topological polar surface area (TPSA) is 106 Å². The van der Waals surface area contributed by atoms with E-state index in [2.05, 4.69) is 10.1 Å². The summed E-state index contributed by atoms with van der Waals surface area (Å²) in [7, 11) is 0. The van der Waals surface area contributed by atoms with Gasteiger partial charge in [-0.2, -0.15) is 4.98 Å².